The van der Waals surface area contributed by atoms with Gasteiger partial charge in [0.2, 0.25) is 0 Å². The average Bonchev–Trinajstić information content (AvgIpc) is 2.76. The van der Waals surface area contributed by atoms with Gasteiger partial charge in [-0.25, -0.2) is 0 Å². The van der Waals surface area contributed by atoms with Gasteiger partial charge in [-0.1, -0.05) is 43.9 Å². The number of hydrogen-bond acceptors (Lipinski definition) is 3. The van der Waals surface area contributed by atoms with Gasteiger partial charge in [0.15, 0.2) is 0 Å². The molecule has 1 fully saturated rings. The molecule has 0 aliphatic heterocycles. The van der Waals surface area contributed by atoms with E-state index in [1.54, 1.807) is 0 Å². The highest BCUT2D eigenvalue weighted by Crippen LogP contribution is 2.37. The van der Waals surface area contributed by atoms with E-state index >= 15 is 0 Å². The van der Waals surface area contributed by atoms with Crippen molar-refractivity contribution in [2.45, 2.75) is 70.8 Å². The summed E-state index contributed by atoms with van der Waals surface area (Å²) >= 11 is 6.06. The summed E-state index contributed by atoms with van der Waals surface area (Å²) in [4.78, 5) is 13.9. The van der Waals surface area contributed by atoms with Crippen LogP contribution in [0.3, 0.4) is 0 Å². The van der Waals surface area contributed by atoms with E-state index in [2.05, 4.69) is 35.3 Å². The number of carboxylic acids is 1. The normalized spacial score (nSPS) is 15.6. The predicted molar refractivity (Wildman–Crippen MR) is 126 cm³/mol. The lowest BCUT2D eigenvalue weighted by Crippen LogP contribution is -2.37. The van der Waals surface area contributed by atoms with Crippen molar-refractivity contribution in [1.29, 1.82) is 0 Å². The number of nitrogens with zero attached hydrogens (tertiary/aromatic N) is 1. The molecule has 2 aromatic carbocycles. The second kappa shape index (κ2) is 10.7. The van der Waals surface area contributed by atoms with Crippen LogP contribution in [0.2, 0.25) is 5.02 Å². The maximum atomic E-state index is 11.3. The van der Waals surface area contributed by atoms with Crippen LogP contribution in [0.25, 0.3) is 0 Å². The van der Waals surface area contributed by atoms with Crippen molar-refractivity contribution in [3.8, 4) is 0 Å². The lowest BCUT2D eigenvalue weighted by Gasteiger charge is -2.37. The fourth-order valence-electron chi connectivity index (χ4n) is 4.57. The van der Waals surface area contributed by atoms with E-state index in [0.29, 0.717) is 11.1 Å². The Morgan fingerprint density at radius 1 is 1.13 bits per heavy atom. The van der Waals surface area contributed by atoms with Crippen molar-refractivity contribution in [2.24, 2.45) is 0 Å². The van der Waals surface area contributed by atoms with Crippen molar-refractivity contribution < 1.29 is 9.90 Å². The molecule has 1 saturated carbocycles. The smallest absolute Gasteiger partial charge is 0.303 e. The lowest BCUT2D eigenvalue weighted by atomic mass is 9.91. The zero-order chi connectivity index (χ0) is 21.5. The monoisotopic (exact) mass is 428 g/mol. The van der Waals surface area contributed by atoms with Crippen LogP contribution in [-0.4, -0.2) is 23.7 Å². The Labute approximate surface area is 185 Å². The number of rotatable bonds is 9. The summed E-state index contributed by atoms with van der Waals surface area (Å²) in [6, 6.07) is 14.7. The number of anilines is 3. The third-order valence-corrected chi connectivity index (χ3v) is 6.45. The minimum atomic E-state index is -0.754. The third kappa shape index (κ3) is 5.69. The fourth-order valence-corrected chi connectivity index (χ4v) is 4.70. The second-order valence-corrected chi connectivity index (χ2v) is 8.63. The van der Waals surface area contributed by atoms with Crippen molar-refractivity contribution in [1.82, 2.24) is 0 Å². The Hall–Kier alpha value is -2.20. The van der Waals surface area contributed by atoms with Gasteiger partial charge in [-0.15, -0.1) is 0 Å². The first-order chi connectivity index (χ1) is 14.5. The molecule has 0 aromatic heterocycles. The molecule has 2 N–H and O–H groups in total. The Bertz CT molecular complexity index is 832. The summed E-state index contributed by atoms with van der Waals surface area (Å²) in [6.07, 6.45) is 7.31. The van der Waals surface area contributed by atoms with Crippen LogP contribution in [-0.2, 0) is 4.79 Å². The zero-order valence-electron chi connectivity index (χ0n) is 18.0. The van der Waals surface area contributed by atoms with Crippen LogP contribution < -0.4 is 10.2 Å². The molecule has 162 valence electrons. The van der Waals surface area contributed by atoms with Crippen molar-refractivity contribution >= 4 is 34.6 Å². The molecule has 0 heterocycles. The molecule has 1 aliphatic rings. The topological polar surface area (TPSA) is 52.6 Å². The number of carbonyl (C=O) groups is 1. The quantitative estimate of drug-likeness (QED) is 0.443. The van der Waals surface area contributed by atoms with Crippen molar-refractivity contribution in [3.63, 3.8) is 0 Å². The van der Waals surface area contributed by atoms with Gasteiger partial charge >= 0.3 is 5.97 Å². The van der Waals surface area contributed by atoms with Gasteiger partial charge < -0.3 is 15.3 Å². The average molecular weight is 429 g/mol. The van der Waals surface area contributed by atoms with E-state index in [4.69, 9.17) is 11.6 Å². The van der Waals surface area contributed by atoms with Crippen LogP contribution in [0.4, 0.5) is 17.1 Å². The van der Waals surface area contributed by atoms with E-state index < -0.39 is 5.97 Å². The van der Waals surface area contributed by atoms with Crippen molar-refractivity contribution in [2.75, 3.05) is 16.8 Å². The summed E-state index contributed by atoms with van der Waals surface area (Å²) < 4.78 is 0. The molecule has 0 unspecified atom stereocenters. The molecular formula is C25H33ClN2O2. The molecule has 1 aliphatic carbocycles. The first-order valence-corrected chi connectivity index (χ1v) is 11.5. The summed E-state index contributed by atoms with van der Waals surface area (Å²) in [7, 11) is 0. The van der Waals surface area contributed by atoms with Gasteiger partial charge in [0, 0.05) is 23.3 Å². The zero-order valence-corrected chi connectivity index (χ0v) is 18.8. The van der Waals surface area contributed by atoms with E-state index in [1.807, 2.05) is 31.2 Å². The standard InChI is InChI=1S/C25H33ClN2O2/c1-3-18(17-25(29)30)19-10-15-24(28(4-2)22-8-6-5-7-9-22)23(16-19)27-21-13-11-20(26)12-14-21/h10-16,18,22,27H,3-9,17H2,1-2H3,(H,29,30)/t18-/m1/s1. The van der Waals surface area contributed by atoms with Gasteiger partial charge in [-0.3, -0.25) is 4.79 Å². The molecule has 5 heteroatoms. The minimum Gasteiger partial charge on any atom is -0.481 e. The third-order valence-electron chi connectivity index (χ3n) is 6.19. The molecule has 0 saturated heterocycles. The molecule has 4 nitrogen and oxygen atoms in total. The Morgan fingerprint density at radius 3 is 2.43 bits per heavy atom. The molecule has 0 amide bonds. The van der Waals surface area contributed by atoms with E-state index in [-0.39, 0.29) is 12.3 Å². The number of hydrogen-bond donors (Lipinski definition) is 2. The summed E-state index contributed by atoms with van der Waals surface area (Å²) in [6.45, 7) is 5.22. The molecule has 0 radical (unpaired) electrons. The largest absolute Gasteiger partial charge is 0.481 e. The van der Waals surface area contributed by atoms with E-state index in [1.165, 1.54) is 37.8 Å². The van der Waals surface area contributed by atoms with Crippen LogP contribution >= 0.6 is 11.6 Å². The van der Waals surface area contributed by atoms with Gasteiger partial charge in [-0.05, 0) is 74.1 Å². The first kappa shape index (κ1) is 22.5. The number of carboxylic acid groups (broad SMARTS) is 1. The Balaban J connectivity index is 1.98. The van der Waals surface area contributed by atoms with Crippen LogP contribution in [0.5, 0.6) is 0 Å². The maximum Gasteiger partial charge on any atom is 0.303 e. The summed E-state index contributed by atoms with van der Waals surface area (Å²) in [5, 5.41) is 13.6. The number of nitrogens with one attached hydrogen (secondary N) is 1. The van der Waals surface area contributed by atoms with Gasteiger partial charge in [0.25, 0.3) is 0 Å². The number of halogens is 1. The molecule has 2 aromatic rings. The summed E-state index contributed by atoms with van der Waals surface area (Å²) in [5.41, 5.74) is 4.27. The number of benzene rings is 2. The van der Waals surface area contributed by atoms with Crippen LogP contribution in [0.15, 0.2) is 42.5 Å². The highest BCUT2D eigenvalue weighted by molar-refractivity contribution is 6.30. The highest BCUT2D eigenvalue weighted by atomic mass is 35.5. The Morgan fingerprint density at radius 2 is 1.83 bits per heavy atom. The van der Waals surface area contributed by atoms with Crippen LogP contribution in [0.1, 0.15) is 70.3 Å². The predicted octanol–water partition coefficient (Wildman–Crippen LogP) is 7.21. The molecule has 30 heavy (non-hydrogen) atoms. The minimum absolute atomic E-state index is 0.00655. The van der Waals surface area contributed by atoms with E-state index in [9.17, 15) is 9.90 Å². The Kier molecular flexibility index (Phi) is 8.03. The molecule has 0 spiro atoms. The van der Waals surface area contributed by atoms with Gasteiger partial charge in [0.1, 0.15) is 0 Å². The SMILES string of the molecule is CC[C@H](CC(=O)O)c1ccc(N(CC)C2CCCCC2)c(Nc2ccc(Cl)cc2)c1. The number of aliphatic carboxylic acids is 1. The van der Waals surface area contributed by atoms with Gasteiger partial charge in [-0.2, -0.15) is 0 Å². The van der Waals surface area contributed by atoms with Crippen LogP contribution in [0, 0.1) is 0 Å². The molecule has 1 atom stereocenters. The van der Waals surface area contributed by atoms with E-state index in [0.717, 1.165) is 29.9 Å². The summed E-state index contributed by atoms with van der Waals surface area (Å²) in [5.74, 6) is -0.748. The molecule has 0 bridgehead atoms. The van der Waals surface area contributed by atoms with Gasteiger partial charge in [0.05, 0.1) is 17.8 Å². The maximum absolute atomic E-state index is 11.3. The van der Waals surface area contributed by atoms with Crippen molar-refractivity contribution in [3.05, 3.63) is 53.1 Å². The highest BCUT2D eigenvalue weighted by Gasteiger charge is 2.23. The first-order valence-electron chi connectivity index (χ1n) is 11.2. The fraction of sp³-hybridized carbons (Fsp3) is 0.480. The second-order valence-electron chi connectivity index (χ2n) is 8.19. The lowest BCUT2D eigenvalue weighted by molar-refractivity contribution is -0.137. The molecular weight excluding hydrogens is 396 g/mol. The molecule has 3 rings (SSSR count).